The minimum atomic E-state index is -2.71. The van der Waals surface area contributed by atoms with Crippen molar-refractivity contribution in [3.8, 4) is 11.1 Å². The zero-order valence-corrected chi connectivity index (χ0v) is 25.5. The average Bonchev–Trinajstić information content (AvgIpc) is 3.44. The first kappa shape index (κ1) is 26.4. The molecule has 1 aliphatic heterocycles. The lowest BCUT2D eigenvalue weighted by molar-refractivity contribution is 0.626. The largest absolute Gasteiger partial charge is 0.364 e. The second-order valence-electron chi connectivity index (χ2n) is 11.6. The van der Waals surface area contributed by atoms with E-state index in [2.05, 4.69) is 179 Å². The molecule has 0 fully saturated rings. The molecule has 0 saturated carbocycles. The summed E-state index contributed by atoms with van der Waals surface area (Å²) in [7, 11) is -2.71. The minimum absolute atomic E-state index is 0.263. The SMILES string of the molecule is C1=CCC(n2c3c(c4cc([Si](c5ccccc5)(c5ccccc5)c5ccc(-c6ccccc6)cc5)ccc42)NCN=C3)C=C1. The van der Waals surface area contributed by atoms with E-state index in [1.165, 1.54) is 48.5 Å². The van der Waals surface area contributed by atoms with E-state index in [1.807, 2.05) is 0 Å². The number of aliphatic imine (C=N–C) groups is 1. The van der Waals surface area contributed by atoms with Crippen LogP contribution in [0.3, 0.4) is 0 Å². The van der Waals surface area contributed by atoms with E-state index in [9.17, 15) is 0 Å². The maximum Gasteiger partial charge on any atom is 0.179 e. The number of anilines is 1. The molecule has 212 valence electrons. The molecule has 0 bridgehead atoms. The van der Waals surface area contributed by atoms with Crippen molar-refractivity contribution in [2.24, 2.45) is 4.99 Å². The first-order chi connectivity index (χ1) is 21.8. The smallest absolute Gasteiger partial charge is 0.179 e. The highest BCUT2D eigenvalue weighted by Crippen LogP contribution is 2.36. The van der Waals surface area contributed by atoms with Crippen molar-refractivity contribution in [1.29, 1.82) is 0 Å². The fraction of sp³-hybridized carbons (Fsp3) is 0.0750. The van der Waals surface area contributed by atoms with Gasteiger partial charge in [0.05, 0.1) is 22.9 Å². The van der Waals surface area contributed by atoms with Crippen LogP contribution in [0, 0.1) is 0 Å². The Morgan fingerprint density at radius 3 is 1.91 bits per heavy atom. The third-order valence-electron chi connectivity index (χ3n) is 9.16. The molecule has 2 aliphatic rings. The van der Waals surface area contributed by atoms with Gasteiger partial charge in [-0.3, -0.25) is 4.99 Å². The lowest BCUT2D eigenvalue weighted by Crippen LogP contribution is -2.74. The van der Waals surface area contributed by atoms with E-state index in [1.54, 1.807) is 0 Å². The van der Waals surface area contributed by atoms with Crippen molar-refractivity contribution < 1.29 is 0 Å². The van der Waals surface area contributed by atoms with Crippen LogP contribution < -0.4 is 26.1 Å². The molecule has 1 aliphatic carbocycles. The number of aromatic nitrogens is 1. The number of hydrogen-bond donors (Lipinski definition) is 1. The summed E-state index contributed by atoms with van der Waals surface area (Å²) in [5.74, 6) is 0. The molecule has 1 atom stereocenters. The summed E-state index contributed by atoms with van der Waals surface area (Å²) in [5, 5.41) is 10.4. The topological polar surface area (TPSA) is 29.3 Å². The number of allylic oxidation sites excluding steroid dienone is 4. The summed E-state index contributed by atoms with van der Waals surface area (Å²) >= 11 is 0. The Morgan fingerprint density at radius 2 is 1.25 bits per heavy atom. The summed E-state index contributed by atoms with van der Waals surface area (Å²) in [6, 6.07) is 49.9. The molecule has 44 heavy (non-hydrogen) atoms. The van der Waals surface area contributed by atoms with Crippen molar-refractivity contribution in [2.45, 2.75) is 12.5 Å². The molecule has 1 unspecified atom stereocenters. The Kier molecular flexibility index (Phi) is 6.69. The molecule has 6 aromatic rings. The summed E-state index contributed by atoms with van der Waals surface area (Å²) in [6.07, 6.45) is 11.9. The number of nitrogens with one attached hydrogen (secondary N) is 1. The Labute approximate surface area is 259 Å². The monoisotopic (exact) mass is 583 g/mol. The fourth-order valence-electron chi connectivity index (χ4n) is 7.17. The fourth-order valence-corrected chi connectivity index (χ4v) is 11.9. The van der Waals surface area contributed by atoms with Crippen molar-refractivity contribution >= 4 is 51.6 Å². The summed E-state index contributed by atoms with van der Waals surface area (Å²) in [6.45, 7) is 0.595. The van der Waals surface area contributed by atoms with Crippen molar-refractivity contribution in [2.75, 3.05) is 12.0 Å². The van der Waals surface area contributed by atoms with Gasteiger partial charge in [-0.2, -0.15) is 0 Å². The van der Waals surface area contributed by atoms with E-state index >= 15 is 0 Å². The van der Waals surface area contributed by atoms with Crippen molar-refractivity contribution in [3.63, 3.8) is 0 Å². The van der Waals surface area contributed by atoms with Crippen LogP contribution in [0.4, 0.5) is 5.69 Å². The number of benzene rings is 5. The summed E-state index contributed by atoms with van der Waals surface area (Å²) < 4.78 is 2.47. The standard InChI is InChI=1S/C40H33N3Si/c1-5-13-30(14-6-1)31-21-23-35(24-22-31)44(33-17-9-3-10-18-33,34-19-11-4-12-20-34)36-25-26-38-37(27-36)40-39(28-41-29-42-40)43(38)32-15-7-2-8-16-32/h1-15,17-28,32,42H,16,29H2. The van der Waals surface area contributed by atoms with E-state index in [0.29, 0.717) is 6.67 Å². The molecule has 5 aromatic carbocycles. The Morgan fingerprint density at radius 1 is 0.636 bits per heavy atom. The first-order valence-corrected chi connectivity index (χ1v) is 17.4. The normalized spacial score (nSPS) is 15.7. The van der Waals surface area contributed by atoms with Gasteiger partial charge in [-0.05, 0) is 44.4 Å². The maximum absolute atomic E-state index is 4.63. The third-order valence-corrected chi connectivity index (χ3v) is 13.9. The zero-order valence-electron chi connectivity index (χ0n) is 24.5. The van der Waals surface area contributed by atoms with Gasteiger partial charge in [-0.1, -0.05) is 152 Å². The predicted molar refractivity (Wildman–Crippen MR) is 189 cm³/mol. The summed E-state index contributed by atoms with van der Waals surface area (Å²) in [4.78, 5) is 4.63. The van der Waals surface area contributed by atoms with Gasteiger partial charge in [0.25, 0.3) is 0 Å². The van der Waals surface area contributed by atoms with Gasteiger partial charge in [-0.15, -0.1) is 0 Å². The van der Waals surface area contributed by atoms with E-state index in [4.69, 9.17) is 0 Å². The van der Waals surface area contributed by atoms with Crippen LogP contribution in [0.2, 0.25) is 0 Å². The van der Waals surface area contributed by atoms with Crippen LogP contribution in [0.25, 0.3) is 22.0 Å². The second-order valence-corrected chi connectivity index (χ2v) is 15.4. The molecule has 0 amide bonds. The van der Waals surface area contributed by atoms with E-state index in [0.717, 1.165) is 12.1 Å². The zero-order chi connectivity index (χ0) is 29.3. The highest BCUT2D eigenvalue weighted by molar-refractivity contribution is 7.20. The number of nitrogens with zero attached hydrogens (tertiary/aromatic N) is 2. The van der Waals surface area contributed by atoms with Crippen LogP contribution in [-0.4, -0.2) is 25.5 Å². The highest BCUT2D eigenvalue weighted by Gasteiger charge is 2.42. The maximum atomic E-state index is 4.63. The van der Waals surface area contributed by atoms with Gasteiger partial charge in [0, 0.05) is 11.6 Å². The Hall–Kier alpha value is -5.19. The molecule has 3 nitrogen and oxygen atoms in total. The molecular weight excluding hydrogens is 551 g/mol. The van der Waals surface area contributed by atoms with Crippen LogP contribution >= 0.6 is 0 Å². The molecule has 1 N–H and O–H groups in total. The quantitative estimate of drug-likeness (QED) is 0.175. The molecule has 0 radical (unpaired) electrons. The number of hydrogen-bond acceptors (Lipinski definition) is 2. The van der Waals surface area contributed by atoms with Crippen LogP contribution in [-0.2, 0) is 0 Å². The molecule has 4 heteroatoms. The third kappa shape index (κ3) is 4.30. The highest BCUT2D eigenvalue weighted by atomic mass is 28.3. The van der Waals surface area contributed by atoms with Gasteiger partial charge >= 0.3 is 0 Å². The lowest BCUT2D eigenvalue weighted by Gasteiger charge is -2.34. The Bertz CT molecular complexity index is 1980. The molecular formula is C40H33N3Si. The minimum Gasteiger partial charge on any atom is -0.364 e. The first-order valence-electron chi connectivity index (χ1n) is 15.4. The molecule has 0 spiro atoms. The van der Waals surface area contributed by atoms with Gasteiger partial charge in [0.2, 0.25) is 0 Å². The van der Waals surface area contributed by atoms with Gasteiger partial charge in [0.1, 0.15) is 6.67 Å². The molecule has 0 saturated heterocycles. The lowest BCUT2D eigenvalue weighted by atomic mass is 10.1. The summed E-state index contributed by atoms with van der Waals surface area (Å²) in [5.41, 5.74) is 6.06. The van der Waals surface area contributed by atoms with Gasteiger partial charge < -0.3 is 9.88 Å². The molecule has 2 heterocycles. The van der Waals surface area contributed by atoms with Crippen LogP contribution in [0.1, 0.15) is 18.2 Å². The van der Waals surface area contributed by atoms with Crippen molar-refractivity contribution in [3.05, 3.63) is 163 Å². The predicted octanol–water partition coefficient (Wildman–Crippen LogP) is 6.54. The average molecular weight is 584 g/mol. The van der Waals surface area contributed by atoms with Crippen LogP contribution in [0.5, 0.6) is 0 Å². The molecule has 1 aromatic heterocycles. The van der Waals surface area contributed by atoms with E-state index < -0.39 is 8.07 Å². The van der Waals surface area contributed by atoms with Crippen molar-refractivity contribution in [1.82, 2.24) is 4.57 Å². The van der Waals surface area contributed by atoms with Gasteiger partial charge in [-0.25, -0.2) is 0 Å². The van der Waals surface area contributed by atoms with Crippen LogP contribution in [0.15, 0.2) is 163 Å². The van der Waals surface area contributed by atoms with E-state index in [-0.39, 0.29) is 6.04 Å². The molecule has 8 rings (SSSR count). The Balaban J connectivity index is 1.40. The number of fused-ring (bicyclic) bond motifs is 3. The second kappa shape index (κ2) is 11.1. The van der Waals surface area contributed by atoms with Gasteiger partial charge in [0.15, 0.2) is 8.07 Å². The number of rotatable bonds is 6.